The summed E-state index contributed by atoms with van der Waals surface area (Å²) in [5, 5.41) is 8.39. The highest BCUT2D eigenvalue weighted by Crippen LogP contribution is 2.31. The van der Waals surface area contributed by atoms with E-state index in [0.717, 1.165) is 24.1 Å². The summed E-state index contributed by atoms with van der Waals surface area (Å²) in [6, 6.07) is 11.5. The third kappa shape index (κ3) is 3.82. The zero-order valence-corrected chi connectivity index (χ0v) is 16.0. The van der Waals surface area contributed by atoms with Gasteiger partial charge < -0.3 is 14.2 Å². The van der Waals surface area contributed by atoms with E-state index in [9.17, 15) is 4.79 Å². The molecule has 4 rings (SSSR count). The summed E-state index contributed by atoms with van der Waals surface area (Å²) in [7, 11) is 1.83. The van der Waals surface area contributed by atoms with Gasteiger partial charge in [0.25, 0.3) is 11.8 Å². The number of nitrogens with zero attached hydrogens (tertiary/aromatic N) is 5. The van der Waals surface area contributed by atoms with Gasteiger partial charge in [-0.15, -0.1) is 0 Å². The Morgan fingerprint density at radius 1 is 1.29 bits per heavy atom. The Hall–Kier alpha value is -3.00. The Labute approximate surface area is 163 Å². The van der Waals surface area contributed by atoms with Crippen LogP contribution in [0.15, 0.2) is 40.9 Å². The molecule has 0 aliphatic carbocycles. The van der Waals surface area contributed by atoms with Gasteiger partial charge >= 0.3 is 0 Å². The second kappa shape index (κ2) is 7.93. The number of amides is 1. The molecule has 3 heterocycles. The minimum atomic E-state index is -0.193. The van der Waals surface area contributed by atoms with Crippen LogP contribution < -0.4 is 0 Å². The van der Waals surface area contributed by atoms with E-state index in [1.165, 1.54) is 0 Å². The monoisotopic (exact) mass is 381 g/mol. The van der Waals surface area contributed by atoms with E-state index in [2.05, 4.69) is 15.2 Å². The highest BCUT2D eigenvalue weighted by atomic mass is 16.5. The second-order valence-electron chi connectivity index (χ2n) is 6.98. The zero-order valence-electron chi connectivity index (χ0n) is 16.0. The second-order valence-corrected chi connectivity index (χ2v) is 6.98. The molecule has 0 spiro atoms. The quantitative estimate of drug-likeness (QED) is 0.653. The molecule has 1 aromatic carbocycles. The number of carbonyl (C=O) groups is 1. The number of rotatable bonds is 6. The van der Waals surface area contributed by atoms with Gasteiger partial charge in [-0.3, -0.25) is 9.48 Å². The molecule has 3 aromatic rings. The van der Waals surface area contributed by atoms with Crippen molar-refractivity contribution < 1.29 is 14.1 Å². The first-order valence-electron chi connectivity index (χ1n) is 9.37. The molecular formula is C20H23N5O3. The molecule has 1 aliphatic rings. The summed E-state index contributed by atoms with van der Waals surface area (Å²) in [6.07, 6.45) is 1.71. The van der Waals surface area contributed by atoms with Crippen molar-refractivity contribution in [1.82, 2.24) is 24.8 Å². The number of aryl methyl sites for hydroxylation is 2. The molecule has 8 heteroatoms. The van der Waals surface area contributed by atoms with E-state index >= 15 is 0 Å². The Morgan fingerprint density at radius 3 is 2.86 bits per heavy atom. The predicted octanol–water partition coefficient (Wildman–Crippen LogP) is 2.81. The van der Waals surface area contributed by atoms with Crippen LogP contribution in [0.2, 0.25) is 0 Å². The normalized spacial score (nSPS) is 16.6. The van der Waals surface area contributed by atoms with Gasteiger partial charge in [0.15, 0.2) is 11.5 Å². The topological polar surface area (TPSA) is 86.3 Å². The summed E-state index contributed by atoms with van der Waals surface area (Å²) < 4.78 is 12.7. The molecule has 0 radical (unpaired) electrons. The number of aromatic nitrogens is 4. The number of benzene rings is 1. The highest BCUT2D eigenvalue weighted by Gasteiger charge is 2.35. The van der Waals surface area contributed by atoms with Crippen molar-refractivity contribution in [3.8, 4) is 0 Å². The van der Waals surface area contributed by atoms with Crippen LogP contribution in [0.4, 0.5) is 0 Å². The van der Waals surface area contributed by atoms with Gasteiger partial charge in [-0.25, -0.2) is 0 Å². The predicted molar refractivity (Wildman–Crippen MR) is 100 cm³/mol. The van der Waals surface area contributed by atoms with Gasteiger partial charge in [-0.05, 0) is 31.4 Å². The van der Waals surface area contributed by atoms with Gasteiger partial charge in [-0.2, -0.15) is 10.1 Å². The number of hydrogen-bond donors (Lipinski definition) is 0. The van der Waals surface area contributed by atoms with Crippen molar-refractivity contribution in [2.75, 3.05) is 6.54 Å². The molecule has 0 N–H and O–H groups in total. The molecule has 0 bridgehead atoms. The summed E-state index contributed by atoms with van der Waals surface area (Å²) in [5.74, 6) is 0.841. The summed E-state index contributed by atoms with van der Waals surface area (Å²) in [6.45, 7) is 3.30. The lowest BCUT2D eigenvalue weighted by Crippen LogP contribution is -2.31. The fourth-order valence-electron chi connectivity index (χ4n) is 3.38. The van der Waals surface area contributed by atoms with Crippen molar-refractivity contribution in [1.29, 1.82) is 0 Å². The van der Waals surface area contributed by atoms with Gasteiger partial charge in [0.05, 0.1) is 12.6 Å². The molecule has 146 valence electrons. The Kier molecular flexibility index (Phi) is 5.21. The van der Waals surface area contributed by atoms with Crippen molar-refractivity contribution in [3.05, 3.63) is 65.1 Å². The molecule has 1 atom stereocenters. The van der Waals surface area contributed by atoms with Crippen molar-refractivity contribution in [2.45, 2.75) is 39.0 Å². The van der Waals surface area contributed by atoms with E-state index in [0.29, 0.717) is 30.6 Å². The SMILES string of the molecule is Cc1cc(C(=O)N2CCCC2c2noc(COCc3ccccc3)n2)nn1C. The fourth-order valence-corrected chi connectivity index (χ4v) is 3.38. The molecule has 2 aromatic heterocycles. The third-order valence-corrected chi connectivity index (χ3v) is 4.97. The van der Waals surface area contributed by atoms with Crippen LogP contribution in [0.3, 0.4) is 0 Å². The molecule has 28 heavy (non-hydrogen) atoms. The van der Waals surface area contributed by atoms with Gasteiger partial charge in [0.2, 0.25) is 0 Å². The van der Waals surface area contributed by atoms with E-state index in [1.54, 1.807) is 15.6 Å². The molecule has 1 aliphatic heterocycles. The summed E-state index contributed by atoms with van der Waals surface area (Å²) in [5.41, 5.74) is 2.47. The van der Waals surface area contributed by atoms with Crippen LogP contribution in [-0.4, -0.2) is 37.3 Å². The molecule has 1 saturated heterocycles. The van der Waals surface area contributed by atoms with E-state index in [1.807, 2.05) is 44.3 Å². The maximum atomic E-state index is 12.9. The van der Waals surface area contributed by atoms with Crippen LogP contribution in [-0.2, 0) is 25.0 Å². The number of carbonyl (C=O) groups excluding carboxylic acids is 1. The molecule has 8 nitrogen and oxygen atoms in total. The molecule has 1 fully saturated rings. The van der Waals surface area contributed by atoms with Crippen LogP contribution in [0, 0.1) is 6.92 Å². The first-order valence-corrected chi connectivity index (χ1v) is 9.37. The first-order chi connectivity index (χ1) is 13.6. The Balaban J connectivity index is 1.40. The minimum Gasteiger partial charge on any atom is -0.367 e. The molecule has 1 amide bonds. The number of hydrogen-bond acceptors (Lipinski definition) is 6. The van der Waals surface area contributed by atoms with Crippen LogP contribution in [0.5, 0.6) is 0 Å². The lowest BCUT2D eigenvalue weighted by molar-refractivity contribution is 0.0721. The lowest BCUT2D eigenvalue weighted by atomic mass is 10.2. The van der Waals surface area contributed by atoms with Gasteiger partial charge in [-0.1, -0.05) is 35.5 Å². The average molecular weight is 381 g/mol. The average Bonchev–Trinajstić information content (AvgIpc) is 3.43. The van der Waals surface area contributed by atoms with Crippen LogP contribution in [0.1, 0.15) is 52.3 Å². The Bertz CT molecular complexity index is 930. The minimum absolute atomic E-state index is 0.0992. The van der Waals surface area contributed by atoms with Crippen molar-refractivity contribution >= 4 is 5.91 Å². The van der Waals surface area contributed by atoms with E-state index in [4.69, 9.17) is 9.26 Å². The summed E-state index contributed by atoms with van der Waals surface area (Å²) >= 11 is 0. The fraction of sp³-hybridized carbons (Fsp3) is 0.400. The van der Waals surface area contributed by atoms with Crippen molar-refractivity contribution in [2.24, 2.45) is 7.05 Å². The Morgan fingerprint density at radius 2 is 2.11 bits per heavy atom. The zero-order chi connectivity index (χ0) is 19.5. The summed E-state index contributed by atoms with van der Waals surface area (Å²) in [4.78, 5) is 19.1. The number of likely N-dealkylation sites (tertiary alicyclic amines) is 1. The van der Waals surface area contributed by atoms with E-state index < -0.39 is 0 Å². The van der Waals surface area contributed by atoms with Crippen molar-refractivity contribution in [3.63, 3.8) is 0 Å². The van der Waals surface area contributed by atoms with Crippen LogP contribution in [0.25, 0.3) is 0 Å². The maximum Gasteiger partial charge on any atom is 0.274 e. The third-order valence-electron chi connectivity index (χ3n) is 4.97. The van der Waals surface area contributed by atoms with E-state index in [-0.39, 0.29) is 18.6 Å². The first kappa shape index (κ1) is 18.4. The highest BCUT2D eigenvalue weighted by molar-refractivity contribution is 5.92. The number of ether oxygens (including phenoxy) is 1. The van der Waals surface area contributed by atoms with Crippen LogP contribution >= 0.6 is 0 Å². The molecular weight excluding hydrogens is 358 g/mol. The lowest BCUT2D eigenvalue weighted by Gasteiger charge is -2.21. The smallest absolute Gasteiger partial charge is 0.274 e. The van der Waals surface area contributed by atoms with Gasteiger partial charge in [0.1, 0.15) is 6.61 Å². The van der Waals surface area contributed by atoms with Gasteiger partial charge in [0, 0.05) is 19.3 Å². The molecule has 0 saturated carbocycles. The standard InChI is InChI=1S/C20H23N5O3/c1-14-11-16(22-24(14)2)20(26)25-10-6-9-17(25)19-21-18(28-23-19)13-27-12-15-7-4-3-5-8-15/h3-5,7-8,11,17H,6,9-10,12-13H2,1-2H3. The molecule has 1 unspecified atom stereocenters. The largest absolute Gasteiger partial charge is 0.367 e. The maximum absolute atomic E-state index is 12.9.